The number of aliphatic carboxylic acids is 1. The molecule has 1 heterocycles. The van der Waals surface area contributed by atoms with E-state index in [1.165, 1.54) is 0 Å². The lowest BCUT2D eigenvalue weighted by Crippen LogP contribution is -2.10. The molecular formula is C26H22O5. The van der Waals surface area contributed by atoms with E-state index in [1.54, 1.807) is 7.11 Å². The number of carbonyl (C=O) groups is 1. The molecule has 3 aromatic carbocycles. The summed E-state index contributed by atoms with van der Waals surface area (Å²) in [5.74, 6) is 0.756. The highest BCUT2D eigenvalue weighted by molar-refractivity contribution is 6.07. The van der Waals surface area contributed by atoms with Gasteiger partial charge in [0.15, 0.2) is 11.5 Å². The smallest absolute Gasteiger partial charge is 0.333 e. The van der Waals surface area contributed by atoms with Gasteiger partial charge in [-0.25, -0.2) is 4.79 Å². The van der Waals surface area contributed by atoms with Crippen LogP contribution in [0.15, 0.2) is 66.2 Å². The molecule has 156 valence electrons. The van der Waals surface area contributed by atoms with E-state index in [1.807, 2.05) is 54.6 Å². The Kier molecular flexibility index (Phi) is 4.66. The van der Waals surface area contributed by atoms with Gasteiger partial charge >= 0.3 is 5.97 Å². The van der Waals surface area contributed by atoms with Gasteiger partial charge in [-0.1, -0.05) is 43.3 Å². The van der Waals surface area contributed by atoms with Gasteiger partial charge in [0.2, 0.25) is 6.79 Å². The van der Waals surface area contributed by atoms with Crippen molar-refractivity contribution in [3.05, 3.63) is 94.1 Å². The number of benzene rings is 3. The molecule has 2 aliphatic rings. The fourth-order valence-corrected chi connectivity index (χ4v) is 4.62. The minimum absolute atomic E-state index is 0.175. The third-order valence-corrected chi connectivity index (χ3v) is 6.02. The van der Waals surface area contributed by atoms with Gasteiger partial charge in [-0.3, -0.25) is 0 Å². The molecule has 5 nitrogen and oxygen atoms in total. The standard InChI is InChI=1S/C26H22O5/c1-3-15-5-4-6-19-22(15)24(17-9-12-20-21(13-17)31-14-30-20)25(26(27)28)23(19)16-7-10-18(29-2)11-8-16/h4-13,23H,3,14H2,1-2H3,(H,27,28). The lowest BCUT2D eigenvalue weighted by Gasteiger charge is -2.16. The van der Waals surface area contributed by atoms with E-state index in [-0.39, 0.29) is 12.7 Å². The summed E-state index contributed by atoms with van der Waals surface area (Å²) in [6, 6.07) is 19.4. The largest absolute Gasteiger partial charge is 0.497 e. The van der Waals surface area contributed by atoms with Crippen LogP contribution in [0, 0.1) is 0 Å². The zero-order valence-corrected chi connectivity index (χ0v) is 17.3. The van der Waals surface area contributed by atoms with E-state index >= 15 is 0 Å². The summed E-state index contributed by atoms with van der Waals surface area (Å²) in [7, 11) is 1.62. The molecule has 1 aliphatic heterocycles. The Morgan fingerprint density at radius 2 is 1.84 bits per heavy atom. The molecule has 1 N–H and O–H groups in total. The molecule has 5 heteroatoms. The van der Waals surface area contributed by atoms with Crippen molar-refractivity contribution in [2.24, 2.45) is 0 Å². The molecule has 31 heavy (non-hydrogen) atoms. The van der Waals surface area contributed by atoms with Crippen molar-refractivity contribution < 1.29 is 24.1 Å². The van der Waals surface area contributed by atoms with Crippen LogP contribution in [-0.2, 0) is 11.2 Å². The molecule has 0 spiro atoms. The number of hydrogen-bond donors (Lipinski definition) is 1. The summed E-state index contributed by atoms with van der Waals surface area (Å²) in [5.41, 5.74) is 6.00. The molecule has 0 aromatic heterocycles. The lowest BCUT2D eigenvalue weighted by atomic mass is 9.87. The van der Waals surface area contributed by atoms with Gasteiger partial charge < -0.3 is 19.3 Å². The highest BCUT2D eigenvalue weighted by Gasteiger charge is 2.38. The van der Waals surface area contributed by atoms with Gasteiger partial charge in [0.1, 0.15) is 5.75 Å². The fourth-order valence-electron chi connectivity index (χ4n) is 4.62. The molecule has 5 rings (SSSR count). The van der Waals surface area contributed by atoms with Crippen LogP contribution >= 0.6 is 0 Å². The summed E-state index contributed by atoms with van der Waals surface area (Å²) in [5, 5.41) is 10.4. The number of ether oxygens (including phenoxy) is 3. The maximum atomic E-state index is 12.7. The van der Waals surface area contributed by atoms with Gasteiger partial charge in [-0.2, -0.15) is 0 Å². The zero-order valence-electron chi connectivity index (χ0n) is 17.3. The average Bonchev–Trinajstić information content (AvgIpc) is 3.41. The Labute approximate surface area is 180 Å². The second kappa shape index (κ2) is 7.51. The number of carboxylic acids is 1. The quantitative estimate of drug-likeness (QED) is 0.635. The first-order valence-corrected chi connectivity index (χ1v) is 10.3. The number of hydrogen-bond acceptors (Lipinski definition) is 4. The van der Waals surface area contributed by atoms with Gasteiger partial charge in [0, 0.05) is 11.5 Å². The Morgan fingerprint density at radius 1 is 1.06 bits per heavy atom. The Morgan fingerprint density at radius 3 is 2.55 bits per heavy atom. The zero-order chi connectivity index (χ0) is 21.5. The topological polar surface area (TPSA) is 65.0 Å². The van der Waals surface area contributed by atoms with Crippen molar-refractivity contribution in [3.8, 4) is 17.2 Å². The Bertz CT molecular complexity index is 1210. The van der Waals surface area contributed by atoms with Gasteiger partial charge in [0.25, 0.3) is 0 Å². The van der Waals surface area contributed by atoms with Gasteiger partial charge in [-0.05, 0) is 58.5 Å². The van der Waals surface area contributed by atoms with Crippen molar-refractivity contribution in [3.63, 3.8) is 0 Å². The number of methoxy groups -OCH3 is 1. The van der Waals surface area contributed by atoms with Crippen molar-refractivity contribution in [2.45, 2.75) is 19.3 Å². The number of carboxylic acid groups (broad SMARTS) is 1. The van der Waals surface area contributed by atoms with E-state index < -0.39 is 5.97 Å². The van der Waals surface area contributed by atoms with E-state index in [9.17, 15) is 9.90 Å². The number of aryl methyl sites for hydroxylation is 1. The third-order valence-electron chi connectivity index (χ3n) is 6.02. The molecule has 0 amide bonds. The minimum atomic E-state index is -0.924. The van der Waals surface area contributed by atoms with Crippen molar-refractivity contribution >= 4 is 11.5 Å². The van der Waals surface area contributed by atoms with Crippen LogP contribution in [0.4, 0.5) is 0 Å². The second-order valence-corrected chi connectivity index (χ2v) is 7.60. The average molecular weight is 414 g/mol. The molecular weight excluding hydrogens is 392 g/mol. The predicted molar refractivity (Wildman–Crippen MR) is 117 cm³/mol. The summed E-state index contributed by atoms with van der Waals surface area (Å²) in [6.45, 7) is 2.27. The summed E-state index contributed by atoms with van der Waals surface area (Å²) < 4.78 is 16.3. The lowest BCUT2D eigenvalue weighted by molar-refractivity contribution is -0.132. The van der Waals surface area contributed by atoms with E-state index in [2.05, 4.69) is 13.0 Å². The second-order valence-electron chi connectivity index (χ2n) is 7.60. The van der Waals surface area contributed by atoms with Gasteiger partial charge in [0.05, 0.1) is 12.7 Å². The first-order chi connectivity index (χ1) is 15.1. The Balaban J connectivity index is 1.78. The molecule has 0 saturated heterocycles. The molecule has 0 fully saturated rings. The summed E-state index contributed by atoms with van der Waals surface area (Å²) >= 11 is 0. The van der Waals surface area contributed by atoms with Crippen LogP contribution in [0.25, 0.3) is 5.57 Å². The van der Waals surface area contributed by atoms with Crippen LogP contribution in [0.1, 0.15) is 40.7 Å². The van der Waals surface area contributed by atoms with Crippen molar-refractivity contribution in [1.82, 2.24) is 0 Å². The summed E-state index contributed by atoms with van der Waals surface area (Å²) in [6.07, 6.45) is 0.805. The maximum absolute atomic E-state index is 12.7. The monoisotopic (exact) mass is 414 g/mol. The number of fused-ring (bicyclic) bond motifs is 2. The normalized spacial score (nSPS) is 16.4. The third kappa shape index (κ3) is 3.05. The molecule has 0 radical (unpaired) electrons. The van der Waals surface area contributed by atoms with Crippen LogP contribution < -0.4 is 14.2 Å². The first-order valence-electron chi connectivity index (χ1n) is 10.3. The highest BCUT2D eigenvalue weighted by atomic mass is 16.7. The summed E-state index contributed by atoms with van der Waals surface area (Å²) in [4.78, 5) is 12.7. The van der Waals surface area contributed by atoms with Gasteiger partial charge in [-0.15, -0.1) is 0 Å². The van der Waals surface area contributed by atoms with Crippen LogP contribution in [0.3, 0.4) is 0 Å². The van der Waals surface area contributed by atoms with Crippen molar-refractivity contribution in [1.29, 1.82) is 0 Å². The first kappa shape index (κ1) is 19.2. The minimum Gasteiger partial charge on any atom is -0.497 e. The molecule has 1 aliphatic carbocycles. The van der Waals surface area contributed by atoms with Crippen LogP contribution in [0.2, 0.25) is 0 Å². The van der Waals surface area contributed by atoms with E-state index in [4.69, 9.17) is 14.2 Å². The number of rotatable bonds is 5. The highest BCUT2D eigenvalue weighted by Crippen LogP contribution is 2.50. The van der Waals surface area contributed by atoms with E-state index in [0.717, 1.165) is 45.6 Å². The maximum Gasteiger partial charge on any atom is 0.333 e. The predicted octanol–water partition coefficient (Wildman–Crippen LogP) is 5.02. The molecule has 1 atom stereocenters. The molecule has 1 unspecified atom stereocenters. The SMILES string of the molecule is CCc1cccc2c1C(c1ccc3c(c1)OCO3)=C(C(=O)O)C2c1ccc(OC)cc1. The van der Waals surface area contributed by atoms with Crippen LogP contribution in [0.5, 0.6) is 17.2 Å². The molecule has 3 aromatic rings. The van der Waals surface area contributed by atoms with Crippen molar-refractivity contribution in [2.75, 3.05) is 13.9 Å². The Hall–Kier alpha value is -3.73. The van der Waals surface area contributed by atoms with Crippen LogP contribution in [-0.4, -0.2) is 25.0 Å². The van der Waals surface area contributed by atoms with E-state index in [0.29, 0.717) is 17.1 Å². The molecule has 0 bridgehead atoms. The molecule has 0 saturated carbocycles. The fraction of sp³-hybridized carbons (Fsp3) is 0.192.